The van der Waals surface area contributed by atoms with Crippen molar-refractivity contribution in [2.24, 2.45) is 0 Å². The first-order valence-electron chi connectivity index (χ1n) is 7.07. The van der Waals surface area contributed by atoms with Crippen molar-refractivity contribution >= 4 is 28.6 Å². The molecule has 0 aliphatic heterocycles. The number of nitrogens with zero attached hydrogens (tertiary/aromatic N) is 1. The first-order valence-corrected chi connectivity index (χ1v) is 8.22. The van der Waals surface area contributed by atoms with Crippen LogP contribution in [0.15, 0.2) is 59.2 Å². The Morgan fingerprint density at radius 1 is 1.14 bits per heavy atom. The number of hydrogen-bond acceptors (Lipinski definition) is 4. The molecule has 0 atom stereocenters. The van der Waals surface area contributed by atoms with Gasteiger partial charge in [-0.1, -0.05) is 24.3 Å². The van der Waals surface area contributed by atoms with Gasteiger partial charge in [-0.15, -0.1) is 0 Å². The maximum absolute atomic E-state index is 12.1. The highest BCUT2D eigenvalue weighted by atomic mass is 32.2. The van der Waals surface area contributed by atoms with Gasteiger partial charge in [0.1, 0.15) is 11.5 Å². The van der Waals surface area contributed by atoms with Crippen LogP contribution >= 0.6 is 11.8 Å². The molecular formula is C17H16N2O2S. The minimum absolute atomic E-state index is 0.135. The molecule has 1 N–H and O–H groups in total. The van der Waals surface area contributed by atoms with Crippen molar-refractivity contribution in [3.63, 3.8) is 0 Å². The van der Waals surface area contributed by atoms with E-state index in [1.807, 2.05) is 42.5 Å². The van der Waals surface area contributed by atoms with E-state index in [0.717, 1.165) is 28.2 Å². The molecule has 0 saturated heterocycles. The van der Waals surface area contributed by atoms with Crippen molar-refractivity contribution in [3.05, 3.63) is 66.2 Å². The number of aromatic nitrogens is 1. The number of para-hydroxylation sites is 1. The maximum atomic E-state index is 12.1. The minimum Gasteiger partial charge on any atom is -0.468 e. The van der Waals surface area contributed by atoms with E-state index in [0.29, 0.717) is 12.2 Å². The monoisotopic (exact) mass is 312 g/mol. The molecule has 0 aliphatic carbocycles. The minimum atomic E-state index is -0.135. The SMILES string of the molecule is O=C(NCCSCc1ccco1)c1ccc2ccccc2n1. The van der Waals surface area contributed by atoms with E-state index in [1.54, 1.807) is 24.1 Å². The molecule has 4 nitrogen and oxygen atoms in total. The molecule has 0 fully saturated rings. The lowest BCUT2D eigenvalue weighted by Gasteiger charge is -2.05. The van der Waals surface area contributed by atoms with Gasteiger partial charge >= 0.3 is 0 Å². The molecule has 0 aliphatic rings. The normalized spacial score (nSPS) is 10.7. The summed E-state index contributed by atoms with van der Waals surface area (Å²) in [5, 5.41) is 3.93. The molecule has 0 saturated carbocycles. The van der Waals surface area contributed by atoms with Gasteiger partial charge in [0.25, 0.3) is 5.91 Å². The molecule has 3 rings (SSSR count). The third-order valence-electron chi connectivity index (χ3n) is 3.19. The Kier molecular flexibility index (Phi) is 4.75. The average molecular weight is 312 g/mol. The number of pyridine rings is 1. The maximum Gasteiger partial charge on any atom is 0.269 e. The molecule has 22 heavy (non-hydrogen) atoms. The second-order valence-corrected chi connectivity index (χ2v) is 5.88. The Bertz CT molecular complexity index is 756. The van der Waals surface area contributed by atoms with Crippen LogP contribution in [0, 0.1) is 0 Å². The summed E-state index contributed by atoms with van der Waals surface area (Å²) in [5.74, 6) is 2.47. The zero-order chi connectivity index (χ0) is 15.2. The highest BCUT2D eigenvalue weighted by Crippen LogP contribution is 2.13. The van der Waals surface area contributed by atoms with Crippen molar-refractivity contribution in [1.29, 1.82) is 0 Å². The highest BCUT2D eigenvalue weighted by Gasteiger charge is 2.07. The summed E-state index contributed by atoms with van der Waals surface area (Å²) < 4.78 is 5.25. The van der Waals surface area contributed by atoms with E-state index < -0.39 is 0 Å². The standard InChI is InChI=1S/C17H16N2O2S/c20-17(18-9-11-22-12-14-5-3-10-21-14)16-8-7-13-4-1-2-6-15(13)19-16/h1-8,10H,9,11-12H2,(H,18,20). The summed E-state index contributed by atoms with van der Waals surface area (Å²) in [6.07, 6.45) is 1.67. The van der Waals surface area contributed by atoms with Crippen LogP contribution in [0.1, 0.15) is 16.2 Å². The molecule has 0 radical (unpaired) electrons. The molecule has 5 heteroatoms. The van der Waals surface area contributed by atoms with Crippen LogP contribution in [0.25, 0.3) is 10.9 Å². The number of carbonyl (C=O) groups excluding carboxylic acids is 1. The van der Waals surface area contributed by atoms with Gasteiger partial charge in [-0.3, -0.25) is 4.79 Å². The predicted molar refractivity (Wildman–Crippen MR) is 88.9 cm³/mol. The van der Waals surface area contributed by atoms with Crippen LogP contribution in [0.2, 0.25) is 0 Å². The van der Waals surface area contributed by atoms with Gasteiger partial charge in [-0.2, -0.15) is 11.8 Å². The number of furan rings is 1. The van der Waals surface area contributed by atoms with Crippen molar-refractivity contribution in [3.8, 4) is 0 Å². The number of rotatable bonds is 6. The summed E-state index contributed by atoms with van der Waals surface area (Å²) in [6.45, 7) is 0.610. The van der Waals surface area contributed by atoms with Crippen LogP contribution in [-0.4, -0.2) is 23.2 Å². The van der Waals surface area contributed by atoms with Gasteiger partial charge < -0.3 is 9.73 Å². The molecule has 0 bridgehead atoms. The summed E-state index contributed by atoms with van der Waals surface area (Å²) >= 11 is 1.72. The number of nitrogens with one attached hydrogen (secondary N) is 1. The van der Waals surface area contributed by atoms with Crippen molar-refractivity contribution in [1.82, 2.24) is 10.3 Å². The number of benzene rings is 1. The van der Waals surface area contributed by atoms with Crippen LogP contribution in [0.3, 0.4) is 0 Å². The third kappa shape index (κ3) is 3.68. The molecule has 2 aromatic heterocycles. The van der Waals surface area contributed by atoms with Crippen molar-refractivity contribution < 1.29 is 9.21 Å². The van der Waals surface area contributed by atoms with Gasteiger partial charge in [0.05, 0.1) is 17.5 Å². The van der Waals surface area contributed by atoms with Gasteiger partial charge in [-0.25, -0.2) is 4.98 Å². The summed E-state index contributed by atoms with van der Waals surface area (Å²) in [5.41, 5.74) is 1.29. The Morgan fingerprint density at radius 2 is 2.05 bits per heavy atom. The number of thioether (sulfide) groups is 1. The van der Waals surface area contributed by atoms with Crippen molar-refractivity contribution in [2.45, 2.75) is 5.75 Å². The second-order valence-electron chi connectivity index (χ2n) is 4.78. The van der Waals surface area contributed by atoms with Gasteiger partial charge in [-0.05, 0) is 24.3 Å². The lowest BCUT2D eigenvalue weighted by molar-refractivity contribution is 0.0951. The van der Waals surface area contributed by atoms with Gasteiger partial charge in [0.2, 0.25) is 0 Å². The smallest absolute Gasteiger partial charge is 0.269 e. The molecule has 112 valence electrons. The lowest BCUT2D eigenvalue weighted by Crippen LogP contribution is -2.26. The predicted octanol–water partition coefficient (Wildman–Crippen LogP) is 3.49. The first-order chi connectivity index (χ1) is 10.8. The number of amides is 1. The molecule has 3 aromatic rings. The Morgan fingerprint density at radius 3 is 2.91 bits per heavy atom. The lowest BCUT2D eigenvalue weighted by atomic mass is 10.2. The van der Waals surface area contributed by atoms with Crippen LogP contribution < -0.4 is 5.32 Å². The van der Waals surface area contributed by atoms with E-state index in [1.165, 1.54) is 0 Å². The summed E-state index contributed by atoms with van der Waals surface area (Å²) in [4.78, 5) is 16.5. The zero-order valence-corrected chi connectivity index (χ0v) is 12.8. The Hall–Kier alpha value is -2.27. The van der Waals surface area contributed by atoms with Crippen LogP contribution in [-0.2, 0) is 5.75 Å². The first kappa shape index (κ1) is 14.7. The fraction of sp³-hybridized carbons (Fsp3) is 0.176. The van der Waals surface area contributed by atoms with E-state index in [9.17, 15) is 4.79 Å². The van der Waals surface area contributed by atoms with E-state index >= 15 is 0 Å². The van der Waals surface area contributed by atoms with Crippen molar-refractivity contribution in [2.75, 3.05) is 12.3 Å². The Labute approximate surface area is 132 Å². The quantitative estimate of drug-likeness (QED) is 0.708. The fourth-order valence-electron chi connectivity index (χ4n) is 2.09. The fourth-order valence-corrected chi connectivity index (χ4v) is 2.84. The Balaban J connectivity index is 1.48. The third-order valence-corrected chi connectivity index (χ3v) is 4.17. The van der Waals surface area contributed by atoms with Gasteiger partial charge in [0, 0.05) is 17.7 Å². The molecule has 0 spiro atoms. The summed E-state index contributed by atoms with van der Waals surface area (Å²) in [7, 11) is 0. The zero-order valence-electron chi connectivity index (χ0n) is 12.0. The molecular weight excluding hydrogens is 296 g/mol. The molecule has 2 heterocycles. The van der Waals surface area contributed by atoms with E-state index in [2.05, 4.69) is 10.3 Å². The van der Waals surface area contributed by atoms with Crippen LogP contribution in [0.4, 0.5) is 0 Å². The number of fused-ring (bicyclic) bond motifs is 1. The van der Waals surface area contributed by atoms with Crippen LogP contribution in [0.5, 0.6) is 0 Å². The number of carbonyl (C=O) groups is 1. The number of hydrogen-bond donors (Lipinski definition) is 1. The second kappa shape index (κ2) is 7.13. The molecule has 1 aromatic carbocycles. The largest absolute Gasteiger partial charge is 0.468 e. The van der Waals surface area contributed by atoms with E-state index in [-0.39, 0.29) is 5.91 Å². The summed E-state index contributed by atoms with van der Waals surface area (Å²) in [6, 6.07) is 15.3. The molecule has 1 amide bonds. The van der Waals surface area contributed by atoms with Gasteiger partial charge in [0.15, 0.2) is 0 Å². The highest BCUT2D eigenvalue weighted by molar-refractivity contribution is 7.98. The molecule has 0 unspecified atom stereocenters. The topological polar surface area (TPSA) is 55.1 Å². The van der Waals surface area contributed by atoms with E-state index in [4.69, 9.17) is 4.42 Å². The average Bonchev–Trinajstić information content (AvgIpc) is 3.07.